The van der Waals surface area contributed by atoms with Crippen molar-refractivity contribution in [3.63, 3.8) is 0 Å². The molecule has 16 heavy (non-hydrogen) atoms. The van der Waals surface area contributed by atoms with Crippen molar-refractivity contribution < 1.29 is 16.3 Å². The van der Waals surface area contributed by atoms with Crippen LogP contribution in [0.4, 0.5) is 0 Å². The van der Waals surface area contributed by atoms with Crippen LogP contribution in [-0.2, 0) is 6.42 Å². The lowest BCUT2D eigenvalue weighted by molar-refractivity contribution is 0.174. The van der Waals surface area contributed by atoms with Crippen LogP contribution in [0, 0.1) is 0 Å². The molecule has 1 aliphatic heterocycles. The van der Waals surface area contributed by atoms with Crippen molar-refractivity contribution >= 4 is 12.4 Å². The SMILES string of the molecule is Cl.[2H]C([2H])([2H])N[C@H](CC)Cc1ccc2c(c1)OC([2H])([2H])O2. The maximum Gasteiger partial charge on any atom is 0.231 e. The van der Waals surface area contributed by atoms with Crippen LogP contribution in [0.15, 0.2) is 18.2 Å². The first-order chi connectivity index (χ1) is 9.18. The average Bonchev–Trinajstić information content (AvgIpc) is 2.59. The van der Waals surface area contributed by atoms with E-state index in [1.54, 1.807) is 18.2 Å². The number of halogens is 1. The Morgan fingerprint density at radius 3 is 3.06 bits per heavy atom. The molecule has 2 rings (SSSR count). The summed E-state index contributed by atoms with van der Waals surface area (Å²) in [5, 5.41) is 2.59. The molecule has 0 bridgehead atoms. The highest BCUT2D eigenvalue weighted by atomic mass is 35.5. The highest BCUT2D eigenvalue weighted by Gasteiger charge is 2.14. The number of hydrogen-bond acceptors (Lipinski definition) is 3. The second-order valence-corrected chi connectivity index (χ2v) is 3.52. The van der Waals surface area contributed by atoms with E-state index in [2.05, 4.69) is 5.32 Å². The fourth-order valence-corrected chi connectivity index (χ4v) is 1.54. The molecule has 0 saturated carbocycles. The Kier molecular flexibility index (Phi) is 2.76. The summed E-state index contributed by atoms with van der Waals surface area (Å²) in [6.45, 7) is -2.40. The monoisotopic (exact) mass is 248 g/mol. The summed E-state index contributed by atoms with van der Waals surface area (Å²) in [4.78, 5) is 0. The van der Waals surface area contributed by atoms with E-state index in [9.17, 15) is 0 Å². The normalized spacial score (nSPS) is 22.9. The van der Waals surface area contributed by atoms with Crippen molar-refractivity contribution in [3.8, 4) is 11.5 Å². The third-order valence-corrected chi connectivity index (χ3v) is 2.49. The molecule has 0 unspecified atom stereocenters. The highest BCUT2D eigenvalue weighted by molar-refractivity contribution is 5.85. The quantitative estimate of drug-likeness (QED) is 0.888. The van der Waals surface area contributed by atoms with Gasteiger partial charge in [0, 0.05) is 10.2 Å². The summed E-state index contributed by atoms with van der Waals surface area (Å²) >= 11 is 0. The Labute approximate surface area is 110 Å². The van der Waals surface area contributed by atoms with Crippen molar-refractivity contribution in [1.29, 1.82) is 0 Å². The van der Waals surface area contributed by atoms with Gasteiger partial charge in [0.15, 0.2) is 11.5 Å². The molecule has 0 fully saturated rings. The van der Waals surface area contributed by atoms with Gasteiger partial charge in [-0.3, -0.25) is 0 Å². The van der Waals surface area contributed by atoms with E-state index in [-0.39, 0.29) is 18.4 Å². The number of nitrogens with one attached hydrogen (secondary N) is 1. The topological polar surface area (TPSA) is 30.5 Å². The van der Waals surface area contributed by atoms with Gasteiger partial charge in [-0.05, 0) is 37.5 Å². The van der Waals surface area contributed by atoms with Crippen LogP contribution in [0.1, 0.15) is 25.8 Å². The molecule has 1 atom stereocenters. The van der Waals surface area contributed by atoms with Gasteiger partial charge >= 0.3 is 0 Å². The molecule has 1 N–H and O–H groups in total. The van der Waals surface area contributed by atoms with Gasteiger partial charge in [0.2, 0.25) is 6.75 Å². The summed E-state index contributed by atoms with van der Waals surface area (Å²) in [7, 11) is 0. The number of benzene rings is 1. The molecule has 0 radical (unpaired) electrons. The lowest BCUT2D eigenvalue weighted by atomic mass is 10.0. The molecule has 0 saturated heterocycles. The maximum absolute atomic E-state index is 7.37. The molecule has 0 amide bonds. The van der Waals surface area contributed by atoms with E-state index in [0.717, 1.165) is 5.56 Å². The van der Waals surface area contributed by atoms with Gasteiger partial charge in [-0.25, -0.2) is 0 Å². The van der Waals surface area contributed by atoms with E-state index in [4.69, 9.17) is 16.3 Å². The van der Waals surface area contributed by atoms with Crippen LogP contribution in [0.5, 0.6) is 11.5 Å². The Bertz CT molecular complexity index is 495. The average molecular weight is 249 g/mol. The Morgan fingerprint density at radius 1 is 1.50 bits per heavy atom. The number of likely N-dealkylation sites (N-methyl/N-ethyl adjacent to an activating group) is 1. The van der Waals surface area contributed by atoms with Crippen molar-refractivity contribution in [2.45, 2.75) is 25.8 Å². The van der Waals surface area contributed by atoms with Crippen molar-refractivity contribution in [2.24, 2.45) is 0 Å². The van der Waals surface area contributed by atoms with Gasteiger partial charge in [-0.2, -0.15) is 0 Å². The highest BCUT2D eigenvalue weighted by Crippen LogP contribution is 2.32. The molecule has 1 aromatic rings. The Hall–Kier alpha value is -0.930. The summed E-state index contributed by atoms with van der Waals surface area (Å²) in [6, 6.07) is 4.93. The maximum atomic E-state index is 7.37. The second kappa shape index (κ2) is 5.97. The first kappa shape index (κ1) is 7.41. The van der Waals surface area contributed by atoms with E-state index >= 15 is 0 Å². The minimum Gasteiger partial charge on any atom is -0.454 e. The van der Waals surface area contributed by atoms with Crippen LogP contribution in [0.3, 0.4) is 0 Å². The number of hydrogen-bond donors (Lipinski definition) is 1. The van der Waals surface area contributed by atoms with E-state index in [1.807, 2.05) is 6.92 Å². The summed E-state index contributed by atoms with van der Waals surface area (Å²) < 4.78 is 46.4. The molecule has 0 spiro atoms. The summed E-state index contributed by atoms with van der Waals surface area (Å²) in [5.41, 5.74) is 0.869. The van der Waals surface area contributed by atoms with Crippen LogP contribution in [-0.4, -0.2) is 19.8 Å². The fraction of sp³-hybridized carbons (Fsp3) is 0.500. The number of rotatable bonds is 4. The summed E-state index contributed by atoms with van der Waals surface area (Å²) in [6.07, 6.45) is 1.20. The van der Waals surface area contributed by atoms with Crippen molar-refractivity contribution in [2.75, 3.05) is 13.7 Å². The van der Waals surface area contributed by atoms with Gasteiger partial charge in [0.05, 0.1) is 0 Å². The van der Waals surface area contributed by atoms with Crippen LogP contribution in [0.2, 0.25) is 0 Å². The van der Waals surface area contributed by atoms with Crippen LogP contribution >= 0.6 is 12.4 Å². The largest absolute Gasteiger partial charge is 0.454 e. The smallest absolute Gasteiger partial charge is 0.231 e. The van der Waals surface area contributed by atoms with Crippen molar-refractivity contribution in [3.05, 3.63) is 23.8 Å². The lowest BCUT2D eigenvalue weighted by Crippen LogP contribution is -2.26. The predicted molar refractivity (Wildman–Crippen MR) is 66.7 cm³/mol. The molecule has 90 valence electrons. The zero-order valence-corrected chi connectivity index (χ0v) is 9.76. The molecule has 0 aliphatic carbocycles. The van der Waals surface area contributed by atoms with Crippen LogP contribution < -0.4 is 14.8 Å². The fourth-order valence-electron chi connectivity index (χ4n) is 1.54. The van der Waals surface area contributed by atoms with E-state index in [0.29, 0.717) is 24.3 Å². The molecular weight excluding hydrogens is 226 g/mol. The predicted octanol–water partition coefficient (Wildman–Crippen LogP) is 2.38. The molecular formula is C12H18ClNO2. The van der Waals surface area contributed by atoms with Crippen molar-refractivity contribution in [1.82, 2.24) is 5.32 Å². The molecule has 1 aromatic carbocycles. The third-order valence-electron chi connectivity index (χ3n) is 2.49. The lowest BCUT2D eigenvalue weighted by Gasteiger charge is -2.13. The zero-order chi connectivity index (χ0) is 15.0. The molecule has 1 aliphatic rings. The molecule has 1 heterocycles. The Balaban J connectivity index is 0.00000220. The third kappa shape index (κ3) is 2.80. The first-order valence-corrected chi connectivity index (χ1v) is 4.97. The van der Waals surface area contributed by atoms with E-state index < -0.39 is 13.7 Å². The zero-order valence-electron chi connectivity index (χ0n) is 13.9. The minimum absolute atomic E-state index is 0. The molecule has 4 heteroatoms. The standard InChI is InChI=1S/C12H17NO2.ClH/c1-3-10(13-2)6-9-4-5-11-12(7-9)15-8-14-11;/h4-5,7,10,13H,3,6,8H2,1-2H3;1H/t10-;/m1./s1/i2D3,8D2;. The minimum atomic E-state index is -2.17. The molecule has 3 nitrogen and oxygen atoms in total. The van der Waals surface area contributed by atoms with Gasteiger partial charge in [0.25, 0.3) is 0 Å². The van der Waals surface area contributed by atoms with Gasteiger partial charge in [0.1, 0.15) is 2.74 Å². The molecule has 0 aromatic heterocycles. The van der Waals surface area contributed by atoms with Gasteiger partial charge < -0.3 is 14.8 Å². The van der Waals surface area contributed by atoms with Gasteiger partial charge in [-0.15, -0.1) is 12.4 Å². The first-order valence-electron chi connectivity index (χ1n) is 7.47. The Morgan fingerprint density at radius 2 is 2.31 bits per heavy atom. The summed E-state index contributed by atoms with van der Waals surface area (Å²) in [5.74, 6) is 0.701. The number of ether oxygens (including phenoxy) is 2. The van der Waals surface area contributed by atoms with Gasteiger partial charge in [-0.1, -0.05) is 13.0 Å². The van der Waals surface area contributed by atoms with Crippen LogP contribution in [0.25, 0.3) is 0 Å². The van der Waals surface area contributed by atoms with E-state index in [1.165, 1.54) is 0 Å². The number of fused-ring (bicyclic) bond motifs is 1. The second-order valence-electron chi connectivity index (χ2n) is 3.52.